The number of hydrogen-bond donors (Lipinski definition) is 0. The van der Waals surface area contributed by atoms with Crippen molar-refractivity contribution in [3.05, 3.63) is 45.6 Å². The Morgan fingerprint density at radius 2 is 2.12 bits per heavy atom. The molecule has 1 aliphatic heterocycles. The molecule has 0 N–H and O–H groups in total. The molecule has 5 heteroatoms. The van der Waals surface area contributed by atoms with Gasteiger partial charge in [0.15, 0.2) is 17.6 Å². The molecule has 1 amide bonds. The zero-order chi connectivity index (χ0) is 17.4. The second kappa shape index (κ2) is 6.71. The number of thiophene rings is 1. The van der Waals surface area contributed by atoms with Crippen LogP contribution in [-0.2, 0) is 12.8 Å². The molecule has 1 aromatic carbocycles. The lowest BCUT2D eigenvalue weighted by atomic mass is 9.90. The summed E-state index contributed by atoms with van der Waals surface area (Å²) >= 11 is 1.66. The number of carbonyl (C=O) groups is 1. The number of carbonyl (C=O) groups excluding carboxylic acids is 1. The van der Waals surface area contributed by atoms with E-state index in [0.717, 1.165) is 35.1 Å². The van der Waals surface area contributed by atoms with Crippen molar-refractivity contribution in [2.24, 2.45) is 5.92 Å². The average molecular weight is 357 g/mol. The van der Waals surface area contributed by atoms with E-state index >= 15 is 0 Å². The van der Waals surface area contributed by atoms with Gasteiger partial charge in [-0.05, 0) is 48.9 Å². The van der Waals surface area contributed by atoms with E-state index in [1.165, 1.54) is 16.9 Å². The Bertz CT molecular complexity index is 785. The number of aryl methyl sites for hydroxylation is 1. The second-order valence-electron chi connectivity index (χ2n) is 7.09. The van der Waals surface area contributed by atoms with Gasteiger partial charge in [-0.25, -0.2) is 0 Å². The Labute approximate surface area is 152 Å². The molecule has 0 fully saturated rings. The Balaban J connectivity index is 1.42. The molecule has 1 aromatic heterocycles. The summed E-state index contributed by atoms with van der Waals surface area (Å²) in [6.07, 6.45) is 3.29. The number of benzene rings is 1. The summed E-state index contributed by atoms with van der Waals surface area (Å²) in [6, 6.07) is 9.76. The Hall–Kier alpha value is -2.01. The number of nitrogens with zero attached hydrogens (tertiary/aromatic N) is 1. The van der Waals surface area contributed by atoms with Crippen LogP contribution in [0.2, 0.25) is 0 Å². The number of para-hydroxylation sites is 2. The maximum Gasteiger partial charge on any atom is 0.263 e. The Morgan fingerprint density at radius 1 is 1.32 bits per heavy atom. The van der Waals surface area contributed by atoms with Crippen LogP contribution in [0.15, 0.2) is 30.3 Å². The average Bonchev–Trinajstić information content (AvgIpc) is 3.04. The van der Waals surface area contributed by atoms with Crippen LogP contribution in [0.4, 0.5) is 0 Å². The number of hydrogen-bond acceptors (Lipinski definition) is 4. The van der Waals surface area contributed by atoms with Crippen LogP contribution in [0.5, 0.6) is 11.5 Å². The molecule has 2 heterocycles. The van der Waals surface area contributed by atoms with Crippen molar-refractivity contribution in [1.82, 2.24) is 4.90 Å². The molecule has 0 saturated carbocycles. The van der Waals surface area contributed by atoms with Crippen molar-refractivity contribution >= 4 is 17.2 Å². The molecular weight excluding hydrogens is 334 g/mol. The normalized spacial score (nSPS) is 21.5. The third-order valence-corrected chi connectivity index (χ3v) is 6.16. The van der Waals surface area contributed by atoms with E-state index in [9.17, 15) is 4.79 Å². The molecule has 2 aliphatic rings. The maximum atomic E-state index is 12.8. The molecule has 0 bridgehead atoms. The first-order valence-electron chi connectivity index (χ1n) is 8.85. The lowest BCUT2D eigenvalue weighted by Crippen LogP contribution is -2.41. The first-order chi connectivity index (χ1) is 12.1. The van der Waals surface area contributed by atoms with Crippen LogP contribution >= 0.6 is 11.3 Å². The summed E-state index contributed by atoms with van der Waals surface area (Å²) in [4.78, 5) is 16.8. The molecule has 0 spiro atoms. The van der Waals surface area contributed by atoms with Crippen molar-refractivity contribution in [3.63, 3.8) is 0 Å². The van der Waals surface area contributed by atoms with Gasteiger partial charge in [0.2, 0.25) is 0 Å². The van der Waals surface area contributed by atoms with E-state index in [4.69, 9.17) is 9.47 Å². The highest BCUT2D eigenvalue weighted by Crippen LogP contribution is 2.33. The van der Waals surface area contributed by atoms with E-state index in [2.05, 4.69) is 13.0 Å². The standard InChI is InChI=1S/C20H23NO3S/c1-13-7-8-18-14(9-13)10-19(25-18)20(22)21(2)11-15-12-23-16-5-3-4-6-17(16)24-15/h3-6,10,13,15H,7-9,11-12H2,1-2H3. The summed E-state index contributed by atoms with van der Waals surface area (Å²) in [5.74, 6) is 2.32. The molecule has 4 rings (SSSR count). The molecule has 0 saturated heterocycles. The monoisotopic (exact) mass is 357 g/mol. The van der Waals surface area contributed by atoms with Crippen LogP contribution in [0.3, 0.4) is 0 Å². The minimum Gasteiger partial charge on any atom is -0.486 e. The minimum absolute atomic E-state index is 0.0783. The smallest absolute Gasteiger partial charge is 0.263 e. The highest BCUT2D eigenvalue weighted by atomic mass is 32.1. The van der Waals surface area contributed by atoms with Gasteiger partial charge in [-0.2, -0.15) is 0 Å². The zero-order valence-electron chi connectivity index (χ0n) is 14.7. The summed E-state index contributed by atoms with van der Waals surface area (Å²) < 4.78 is 11.7. The topological polar surface area (TPSA) is 38.8 Å². The van der Waals surface area contributed by atoms with E-state index in [1.54, 1.807) is 16.2 Å². The predicted molar refractivity (Wildman–Crippen MR) is 98.8 cm³/mol. The fourth-order valence-electron chi connectivity index (χ4n) is 3.54. The summed E-state index contributed by atoms with van der Waals surface area (Å²) in [6.45, 7) is 3.27. The molecule has 132 valence electrons. The maximum absolute atomic E-state index is 12.8. The van der Waals surface area contributed by atoms with Gasteiger partial charge in [0.25, 0.3) is 5.91 Å². The third kappa shape index (κ3) is 3.38. The van der Waals surface area contributed by atoms with E-state index < -0.39 is 0 Å². The molecule has 1 aliphatic carbocycles. The molecular formula is C20H23NO3S. The van der Waals surface area contributed by atoms with Gasteiger partial charge in [-0.3, -0.25) is 4.79 Å². The van der Waals surface area contributed by atoms with Gasteiger partial charge in [-0.1, -0.05) is 19.1 Å². The van der Waals surface area contributed by atoms with Crippen LogP contribution < -0.4 is 9.47 Å². The van der Waals surface area contributed by atoms with E-state index in [-0.39, 0.29) is 12.0 Å². The van der Waals surface area contributed by atoms with Crippen LogP contribution in [0.1, 0.15) is 33.5 Å². The van der Waals surface area contributed by atoms with Gasteiger partial charge in [0, 0.05) is 11.9 Å². The lowest BCUT2D eigenvalue weighted by Gasteiger charge is -2.29. The number of amides is 1. The first kappa shape index (κ1) is 16.5. The van der Waals surface area contributed by atoms with E-state index in [0.29, 0.717) is 13.2 Å². The number of rotatable bonds is 3. The largest absolute Gasteiger partial charge is 0.486 e. The summed E-state index contributed by atoms with van der Waals surface area (Å²) in [7, 11) is 1.84. The van der Waals surface area contributed by atoms with Gasteiger partial charge >= 0.3 is 0 Å². The van der Waals surface area contributed by atoms with Crippen molar-refractivity contribution < 1.29 is 14.3 Å². The predicted octanol–water partition coefficient (Wildman–Crippen LogP) is 3.78. The third-order valence-electron chi connectivity index (χ3n) is 4.93. The lowest BCUT2D eigenvalue weighted by molar-refractivity contribution is 0.0524. The van der Waals surface area contributed by atoms with Crippen LogP contribution in [-0.4, -0.2) is 37.1 Å². The fourth-order valence-corrected chi connectivity index (χ4v) is 4.74. The first-order valence-corrected chi connectivity index (χ1v) is 9.67. The summed E-state index contributed by atoms with van der Waals surface area (Å²) in [5.41, 5.74) is 1.37. The summed E-state index contributed by atoms with van der Waals surface area (Å²) in [5, 5.41) is 0. The van der Waals surface area contributed by atoms with Crippen LogP contribution in [0.25, 0.3) is 0 Å². The Morgan fingerprint density at radius 3 is 2.96 bits per heavy atom. The molecule has 4 nitrogen and oxygen atoms in total. The number of fused-ring (bicyclic) bond motifs is 2. The van der Waals surface area contributed by atoms with Crippen molar-refractivity contribution in [3.8, 4) is 11.5 Å². The van der Waals surface area contributed by atoms with Gasteiger partial charge in [0.1, 0.15) is 6.61 Å². The molecule has 2 unspecified atom stereocenters. The van der Waals surface area contributed by atoms with Gasteiger partial charge < -0.3 is 14.4 Å². The highest BCUT2D eigenvalue weighted by Gasteiger charge is 2.26. The van der Waals surface area contributed by atoms with Gasteiger partial charge in [0.05, 0.1) is 11.4 Å². The van der Waals surface area contributed by atoms with Crippen LogP contribution in [0, 0.1) is 5.92 Å². The SMILES string of the molecule is CC1CCc2sc(C(=O)N(C)CC3COc4ccccc4O3)cc2C1. The molecule has 25 heavy (non-hydrogen) atoms. The molecule has 2 aromatic rings. The van der Waals surface area contributed by atoms with Crippen molar-refractivity contribution in [2.45, 2.75) is 32.3 Å². The van der Waals surface area contributed by atoms with Crippen molar-refractivity contribution in [2.75, 3.05) is 20.2 Å². The molecule has 0 radical (unpaired) electrons. The van der Waals surface area contributed by atoms with E-state index in [1.807, 2.05) is 31.3 Å². The molecule has 2 atom stereocenters. The Kier molecular flexibility index (Phi) is 4.42. The van der Waals surface area contributed by atoms with Gasteiger partial charge in [-0.15, -0.1) is 11.3 Å². The number of ether oxygens (including phenoxy) is 2. The number of likely N-dealkylation sites (N-methyl/N-ethyl adjacent to an activating group) is 1. The minimum atomic E-state index is -0.140. The van der Waals surface area contributed by atoms with Crippen molar-refractivity contribution in [1.29, 1.82) is 0 Å². The fraction of sp³-hybridized carbons (Fsp3) is 0.450. The quantitative estimate of drug-likeness (QED) is 0.839. The second-order valence-corrected chi connectivity index (χ2v) is 8.23. The highest BCUT2D eigenvalue weighted by molar-refractivity contribution is 7.14. The zero-order valence-corrected chi connectivity index (χ0v) is 15.5.